The van der Waals surface area contributed by atoms with Gasteiger partial charge in [0.05, 0.1) is 30.2 Å². The standard InChI is InChI=1S/C25H23NO6/c1-31-19-4-2-3-15(12-19)20(27)13-32-25(30)14-7-9-18(10-8-14)26-23(28)21-16-5-6-17(11-16)22(21)24(26)29/h2-4,7-10,12,16-17,21-22H,5-6,11,13H2,1H3/t16-,17-,21-,22-/m0/s1. The van der Waals surface area contributed by atoms with Crippen molar-refractivity contribution in [2.45, 2.75) is 19.3 Å². The average molecular weight is 433 g/mol. The number of ether oxygens (including phenoxy) is 2. The van der Waals surface area contributed by atoms with Gasteiger partial charge in [-0.25, -0.2) is 4.79 Å². The summed E-state index contributed by atoms with van der Waals surface area (Å²) in [5, 5.41) is 0. The van der Waals surface area contributed by atoms with Crippen LogP contribution in [0.5, 0.6) is 5.75 Å². The van der Waals surface area contributed by atoms with Gasteiger partial charge in [-0.1, -0.05) is 12.1 Å². The number of benzene rings is 2. The molecule has 0 N–H and O–H groups in total. The molecule has 1 aliphatic heterocycles. The van der Waals surface area contributed by atoms with E-state index in [1.165, 1.54) is 24.1 Å². The minimum Gasteiger partial charge on any atom is -0.497 e. The molecule has 3 fully saturated rings. The van der Waals surface area contributed by atoms with Crippen molar-refractivity contribution in [3.05, 3.63) is 59.7 Å². The molecule has 3 aliphatic rings. The van der Waals surface area contributed by atoms with Crippen molar-refractivity contribution in [3.8, 4) is 5.75 Å². The molecule has 7 nitrogen and oxygen atoms in total. The Morgan fingerprint density at radius 2 is 1.59 bits per heavy atom. The first-order valence-electron chi connectivity index (χ1n) is 10.8. The van der Waals surface area contributed by atoms with Crippen LogP contribution in [0.2, 0.25) is 0 Å². The quantitative estimate of drug-likeness (QED) is 0.395. The number of nitrogens with zero attached hydrogens (tertiary/aromatic N) is 1. The zero-order chi connectivity index (χ0) is 22.4. The zero-order valence-corrected chi connectivity index (χ0v) is 17.7. The minimum absolute atomic E-state index is 0.119. The summed E-state index contributed by atoms with van der Waals surface area (Å²) in [7, 11) is 1.51. The third-order valence-electron chi connectivity index (χ3n) is 7.01. The molecule has 2 bridgehead atoms. The van der Waals surface area contributed by atoms with Crippen LogP contribution in [-0.4, -0.2) is 37.3 Å². The van der Waals surface area contributed by atoms with E-state index in [0.29, 0.717) is 28.8 Å². The van der Waals surface area contributed by atoms with Crippen molar-refractivity contribution < 1.29 is 28.7 Å². The van der Waals surface area contributed by atoms with E-state index >= 15 is 0 Å². The summed E-state index contributed by atoms with van der Waals surface area (Å²) >= 11 is 0. The molecular formula is C25H23NO6. The predicted molar refractivity (Wildman–Crippen MR) is 114 cm³/mol. The highest BCUT2D eigenvalue weighted by Crippen LogP contribution is 2.56. The largest absolute Gasteiger partial charge is 0.497 e. The molecule has 2 aromatic rings. The van der Waals surface area contributed by atoms with Gasteiger partial charge >= 0.3 is 5.97 Å². The number of esters is 1. The molecule has 164 valence electrons. The molecule has 32 heavy (non-hydrogen) atoms. The first-order chi connectivity index (χ1) is 15.5. The van der Waals surface area contributed by atoms with Gasteiger partial charge in [0.15, 0.2) is 12.4 Å². The summed E-state index contributed by atoms with van der Waals surface area (Å²) in [6.45, 7) is -0.400. The second kappa shape index (κ2) is 7.89. The highest BCUT2D eigenvalue weighted by molar-refractivity contribution is 6.22. The number of carbonyl (C=O) groups excluding carboxylic acids is 4. The fraction of sp³-hybridized carbons (Fsp3) is 0.360. The van der Waals surface area contributed by atoms with E-state index in [-0.39, 0.29) is 35.0 Å². The molecule has 0 spiro atoms. The lowest BCUT2D eigenvalue weighted by atomic mass is 9.81. The Balaban J connectivity index is 1.24. The Kier molecular flexibility index (Phi) is 5.04. The van der Waals surface area contributed by atoms with Gasteiger partial charge in [0.2, 0.25) is 11.8 Å². The summed E-state index contributed by atoms with van der Waals surface area (Å²) in [5.41, 5.74) is 1.10. The predicted octanol–water partition coefficient (Wildman–Crippen LogP) is 3.27. The second-order valence-electron chi connectivity index (χ2n) is 8.67. The Hall–Kier alpha value is -3.48. The van der Waals surface area contributed by atoms with Crippen LogP contribution in [0.25, 0.3) is 0 Å². The molecule has 0 unspecified atom stereocenters. The number of fused-ring (bicyclic) bond motifs is 5. The number of Topliss-reactive ketones (excluding diaryl/α,β-unsaturated/α-hetero) is 1. The number of anilines is 1. The number of imide groups is 1. The average Bonchev–Trinajstić information content (AvgIpc) is 3.51. The fourth-order valence-electron chi connectivity index (χ4n) is 5.50. The summed E-state index contributed by atoms with van der Waals surface area (Å²) < 4.78 is 10.2. The number of ketones is 1. The van der Waals surface area contributed by atoms with E-state index in [2.05, 4.69) is 0 Å². The molecule has 2 saturated carbocycles. The Morgan fingerprint density at radius 3 is 2.22 bits per heavy atom. The maximum absolute atomic E-state index is 12.9. The smallest absolute Gasteiger partial charge is 0.338 e. The molecule has 0 aromatic heterocycles. The van der Waals surface area contributed by atoms with Crippen LogP contribution < -0.4 is 9.64 Å². The van der Waals surface area contributed by atoms with Gasteiger partial charge in [-0.3, -0.25) is 19.3 Å². The first kappa shape index (κ1) is 20.4. The van der Waals surface area contributed by atoms with Crippen LogP contribution in [0.15, 0.2) is 48.5 Å². The lowest BCUT2D eigenvalue weighted by Crippen LogP contribution is -2.32. The van der Waals surface area contributed by atoms with Gasteiger partial charge in [-0.2, -0.15) is 0 Å². The maximum Gasteiger partial charge on any atom is 0.338 e. The van der Waals surface area contributed by atoms with E-state index in [4.69, 9.17) is 9.47 Å². The molecule has 2 amide bonds. The fourth-order valence-corrected chi connectivity index (χ4v) is 5.50. The van der Waals surface area contributed by atoms with E-state index < -0.39 is 12.6 Å². The Bertz CT molecular complexity index is 1080. The van der Waals surface area contributed by atoms with Crippen LogP contribution in [0.4, 0.5) is 5.69 Å². The molecule has 1 saturated heterocycles. The van der Waals surface area contributed by atoms with Crippen molar-refractivity contribution in [1.29, 1.82) is 0 Å². The summed E-state index contributed by atoms with van der Waals surface area (Å²) in [5.74, 6) is -0.420. The number of hydrogen-bond donors (Lipinski definition) is 0. The maximum atomic E-state index is 12.9. The van der Waals surface area contributed by atoms with Gasteiger partial charge in [0, 0.05) is 5.56 Å². The van der Waals surface area contributed by atoms with Gasteiger partial charge in [0.25, 0.3) is 0 Å². The molecule has 2 aliphatic carbocycles. The van der Waals surface area contributed by atoms with Crippen molar-refractivity contribution in [2.75, 3.05) is 18.6 Å². The number of rotatable bonds is 6. The van der Waals surface area contributed by atoms with Crippen molar-refractivity contribution in [2.24, 2.45) is 23.7 Å². The summed E-state index contributed by atoms with van der Waals surface area (Å²) in [6, 6.07) is 12.8. The Labute approximate surface area is 185 Å². The lowest BCUT2D eigenvalue weighted by molar-refractivity contribution is -0.123. The molecule has 1 heterocycles. The number of amides is 2. The molecule has 2 aromatic carbocycles. The van der Waals surface area contributed by atoms with Crippen molar-refractivity contribution in [3.63, 3.8) is 0 Å². The van der Waals surface area contributed by atoms with Gasteiger partial charge in [-0.15, -0.1) is 0 Å². The summed E-state index contributed by atoms with van der Waals surface area (Å²) in [4.78, 5) is 51.8. The lowest BCUT2D eigenvalue weighted by Gasteiger charge is -2.19. The number of carbonyl (C=O) groups is 4. The highest BCUT2D eigenvalue weighted by Gasteiger charge is 2.61. The van der Waals surface area contributed by atoms with Crippen molar-refractivity contribution >= 4 is 29.3 Å². The van der Waals surface area contributed by atoms with Crippen LogP contribution in [0.1, 0.15) is 40.0 Å². The van der Waals surface area contributed by atoms with E-state index in [9.17, 15) is 19.2 Å². The third-order valence-corrected chi connectivity index (χ3v) is 7.01. The third kappa shape index (κ3) is 3.28. The Morgan fingerprint density at radius 1 is 0.938 bits per heavy atom. The van der Waals surface area contributed by atoms with E-state index in [1.54, 1.807) is 36.4 Å². The number of hydrogen-bond acceptors (Lipinski definition) is 6. The monoisotopic (exact) mass is 433 g/mol. The normalized spacial score (nSPS) is 25.7. The zero-order valence-electron chi connectivity index (χ0n) is 17.7. The number of methoxy groups -OCH3 is 1. The van der Waals surface area contributed by atoms with Gasteiger partial charge in [-0.05, 0) is 67.5 Å². The van der Waals surface area contributed by atoms with Gasteiger partial charge < -0.3 is 9.47 Å². The molecule has 5 rings (SSSR count). The van der Waals surface area contributed by atoms with E-state index in [1.807, 2.05) is 0 Å². The SMILES string of the molecule is COc1cccc(C(=O)COC(=O)c2ccc(N3C(=O)[C@H]4[C@H]5CC[C@@H](C5)[C@@H]4C3=O)cc2)c1. The van der Waals surface area contributed by atoms with Crippen LogP contribution in [0, 0.1) is 23.7 Å². The van der Waals surface area contributed by atoms with Crippen LogP contribution >= 0.6 is 0 Å². The molecule has 4 atom stereocenters. The first-order valence-corrected chi connectivity index (χ1v) is 10.8. The second-order valence-corrected chi connectivity index (χ2v) is 8.67. The molecule has 0 radical (unpaired) electrons. The van der Waals surface area contributed by atoms with Crippen LogP contribution in [-0.2, 0) is 14.3 Å². The minimum atomic E-state index is -0.651. The topological polar surface area (TPSA) is 90.0 Å². The highest BCUT2D eigenvalue weighted by atomic mass is 16.5. The summed E-state index contributed by atoms with van der Waals surface area (Å²) in [6.07, 6.45) is 3.04. The molecular weight excluding hydrogens is 410 g/mol. The molecule has 7 heteroatoms. The van der Waals surface area contributed by atoms with Crippen molar-refractivity contribution in [1.82, 2.24) is 0 Å². The van der Waals surface area contributed by atoms with Crippen LogP contribution in [0.3, 0.4) is 0 Å². The van der Waals surface area contributed by atoms with Gasteiger partial charge in [0.1, 0.15) is 5.75 Å². The van der Waals surface area contributed by atoms with E-state index in [0.717, 1.165) is 19.3 Å².